The predicted molar refractivity (Wildman–Crippen MR) is 294 cm³/mol. The molecule has 10 nitrogen and oxygen atoms in total. The molecule has 398 valence electrons. The molecule has 2 bridgehead atoms. The van der Waals surface area contributed by atoms with Crippen molar-refractivity contribution in [3.05, 3.63) is 47.7 Å². The second-order valence-electron chi connectivity index (χ2n) is 24.8. The molecule has 0 N–H and O–H groups in total. The van der Waals surface area contributed by atoms with Crippen LogP contribution in [0.15, 0.2) is 30.5 Å². The normalized spacial score (nSPS) is 21.2. The molecule has 0 spiro atoms. The van der Waals surface area contributed by atoms with Gasteiger partial charge in [0.05, 0.1) is 36.3 Å². The van der Waals surface area contributed by atoms with Gasteiger partial charge in [0.15, 0.2) is 5.82 Å². The van der Waals surface area contributed by atoms with Gasteiger partial charge in [0, 0.05) is 47.2 Å². The number of halogens is 3. The molecule has 0 aliphatic carbocycles. The summed E-state index contributed by atoms with van der Waals surface area (Å²) < 4.78 is 69.0. The number of alkyl halides is 1. The maximum atomic E-state index is 18.4. The summed E-state index contributed by atoms with van der Waals surface area (Å²) in [4.78, 5) is 34.5. The van der Waals surface area contributed by atoms with Gasteiger partial charge in [0.2, 0.25) is 0 Å². The molecule has 0 saturated carbocycles. The van der Waals surface area contributed by atoms with Gasteiger partial charge in [0.1, 0.15) is 42.3 Å². The summed E-state index contributed by atoms with van der Waals surface area (Å²) >= 11 is 0. The number of fused-ring (bicyclic) bond motifs is 4. The standard InChI is InChI=1S/C58H83F3N6O4Si2/c1-34(2)58(35(3)4,36(5)6)72-71-44-26-40-18-21-48(60)45(23-25-73(37(7)8,38(9)10)39(11)12)49(40)46(27-44)51-50(61)52-47(29-62-51)53(64-54(63-52)69-33-57(16)32-65(17)24-22-41(57)28-59)66-30-42-19-20-43(31-66)67(42)55(68)70-56(13,14)15/h18,21,26-27,29,34-39,41-43H,19-20,22,24,28,30-33H2,1-17H3/t41-,42-,43+,57+/m1/s1. The Morgan fingerprint density at radius 2 is 1.52 bits per heavy atom. The summed E-state index contributed by atoms with van der Waals surface area (Å²) in [5.41, 5.74) is 3.89. The van der Waals surface area contributed by atoms with E-state index in [1.807, 2.05) is 45.7 Å². The number of pyridine rings is 1. The first-order chi connectivity index (χ1) is 34.2. The molecule has 4 aromatic rings. The monoisotopic (exact) mass is 1040 g/mol. The van der Waals surface area contributed by atoms with Crippen molar-refractivity contribution >= 4 is 51.4 Å². The van der Waals surface area contributed by atoms with E-state index < -0.39 is 37.4 Å². The minimum Gasteiger partial charge on any atom is -0.540 e. The number of nitrogens with zero attached hydrogens (tertiary/aromatic N) is 6. The van der Waals surface area contributed by atoms with Crippen LogP contribution in [0.3, 0.4) is 0 Å². The lowest BCUT2D eigenvalue weighted by Crippen LogP contribution is -2.57. The second kappa shape index (κ2) is 21.7. The van der Waals surface area contributed by atoms with Gasteiger partial charge in [0.25, 0.3) is 0 Å². The highest BCUT2D eigenvalue weighted by molar-refractivity contribution is 6.90. The highest BCUT2D eigenvalue weighted by Gasteiger charge is 2.47. The molecule has 0 unspecified atom stereocenters. The lowest BCUT2D eigenvalue weighted by molar-refractivity contribution is 0.000302. The third-order valence-electron chi connectivity index (χ3n) is 17.0. The highest BCUT2D eigenvalue weighted by atomic mass is 28.3. The summed E-state index contributed by atoms with van der Waals surface area (Å²) in [6, 6.07) is 6.51. The number of hydrogen-bond donors (Lipinski definition) is 0. The number of likely N-dealkylation sites (tertiary alicyclic amines) is 1. The van der Waals surface area contributed by atoms with Crippen LogP contribution in [0.25, 0.3) is 32.9 Å². The first-order valence-corrected chi connectivity index (χ1v) is 30.1. The van der Waals surface area contributed by atoms with Crippen molar-refractivity contribution in [3.63, 3.8) is 0 Å². The number of anilines is 1. The van der Waals surface area contributed by atoms with Crippen LogP contribution in [0, 0.1) is 52.2 Å². The molecule has 2 radical (unpaired) electrons. The molecule has 3 saturated heterocycles. The van der Waals surface area contributed by atoms with Crippen molar-refractivity contribution in [2.24, 2.45) is 29.1 Å². The van der Waals surface area contributed by atoms with Crippen molar-refractivity contribution in [1.82, 2.24) is 24.8 Å². The molecule has 3 aliphatic heterocycles. The second-order valence-corrected chi connectivity index (χ2v) is 31.6. The predicted octanol–water partition coefficient (Wildman–Crippen LogP) is 13.7. The number of amides is 1. The van der Waals surface area contributed by atoms with Crippen LogP contribution < -0.4 is 14.1 Å². The highest BCUT2D eigenvalue weighted by Crippen LogP contribution is 2.50. The molecule has 73 heavy (non-hydrogen) atoms. The maximum absolute atomic E-state index is 18.4. The summed E-state index contributed by atoms with van der Waals surface area (Å²) in [6.45, 7) is 36.3. The quantitative estimate of drug-likeness (QED) is 0.0852. The number of carbonyl (C=O) groups excluding carboxylic acids is 1. The Bertz CT molecular complexity index is 2660. The summed E-state index contributed by atoms with van der Waals surface area (Å²) in [6.07, 6.45) is 3.48. The van der Waals surface area contributed by atoms with E-state index in [4.69, 9.17) is 28.9 Å². The van der Waals surface area contributed by atoms with E-state index >= 15 is 8.78 Å². The number of rotatable bonds is 15. The van der Waals surface area contributed by atoms with Gasteiger partial charge in [-0.1, -0.05) is 102 Å². The Balaban J connectivity index is 1.45. The number of aromatic nitrogens is 3. The van der Waals surface area contributed by atoms with E-state index in [0.717, 1.165) is 19.4 Å². The first-order valence-electron chi connectivity index (χ1n) is 26.9. The molecule has 2 aromatic heterocycles. The Hall–Kier alpha value is -4.40. The zero-order chi connectivity index (χ0) is 53.7. The van der Waals surface area contributed by atoms with Crippen molar-refractivity contribution in [2.75, 3.05) is 51.4 Å². The first kappa shape index (κ1) is 56.3. The van der Waals surface area contributed by atoms with Crippen molar-refractivity contribution in [2.45, 2.75) is 169 Å². The fourth-order valence-electron chi connectivity index (χ4n) is 13.3. The van der Waals surface area contributed by atoms with Gasteiger partial charge >= 0.3 is 21.9 Å². The van der Waals surface area contributed by atoms with Gasteiger partial charge in [-0.3, -0.25) is 14.3 Å². The zero-order valence-electron chi connectivity index (χ0n) is 46.9. The van der Waals surface area contributed by atoms with E-state index in [0.29, 0.717) is 93.7 Å². The van der Waals surface area contributed by atoms with E-state index in [2.05, 4.69) is 104 Å². The van der Waals surface area contributed by atoms with Gasteiger partial charge in [-0.15, -0.1) is 5.54 Å². The average molecular weight is 1040 g/mol. The third-order valence-corrected chi connectivity index (χ3v) is 25.7. The van der Waals surface area contributed by atoms with Crippen LogP contribution in [0.1, 0.15) is 136 Å². The van der Waals surface area contributed by atoms with Gasteiger partial charge in [-0.2, -0.15) is 9.97 Å². The molecular formula is C58H83F3N6O4Si2. The Kier molecular flexibility index (Phi) is 16.7. The van der Waals surface area contributed by atoms with Crippen LogP contribution in [0.5, 0.6) is 11.8 Å². The van der Waals surface area contributed by atoms with Gasteiger partial charge < -0.3 is 23.7 Å². The topological polar surface area (TPSA) is 93.2 Å². The lowest BCUT2D eigenvalue weighted by atomic mass is 9.73. The van der Waals surface area contributed by atoms with Crippen LogP contribution in [-0.2, 0) is 4.74 Å². The average Bonchev–Trinajstić information content (AvgIpc) is 3.57. The Morgan fingerprint density at radius 1 is 0.904 bits per heavy atom. The minimum atomic E-state index is -2.36. The fourth-order valence-corrected chi connectivity index (χ4v) is 19.6. The number of carbonyl (C=O) groups is 1. The maximum Gasteiger partial charge on any atom is 0.410 e. The molecule has 3 fully saturated rings. The Labute approximate surface area is 438 Å². The number of ether oxygens (including phenoxy) is 2. The summed E-state index contributed by atoms with van der Waals surface area (Å²) in [5, 5.41) is 1.31. The number of hydrogen-bond acceptors (Lipinski definition) is 9. The van der Waals surface area contributed by atoms with Crippen LogP contribution in [0.4, 0.5) is 23.8 Å². The lowest BCUT2D eigenvalue weighted by Gasteiger charge is -2.43. The van der Waals surface area contributed by atoms with Crippen molar-refractivity contribution in [3.8, 4) is 34.5 Å². The van der Waals surface area contributed by atoms with E-state index in [9.17, 15) is 9.18 Å². The van der Waals surface area contributed by atoms with Gasteiger partial charge in [-0.25, -0.2) is 13.6 Å². The van der Waals surface area contributed by atoms with Crippen molar-refractivity contribution < 1.29 is 31.9 Å². The summed E-state index contributed by atoms with van der Waals surface area (Å²) in [5.74, 6) is 3.81. The summed E-state index contributed by atoms with van der Waals surface area (Å²) in [7, 11) is -0.270. The van der Waals surface area contributed by atoms with Crippen LogP contribution >= 0.6 is 0 Å². The van der Waals surface area contributed by atoms with Crippen molar-refractivity contribution in [1.29, 1.82) is 0 Å². The largest absolute Gasteiger partial charge is 0.540 e. The van der Waals surface area contributed by atoms with E-state index in [1.54, 1.807) is 18.3 Å². The fraction of sp³-hybridized carbons (Fsp3) is 0.655. The van der Waals surface area contributed by atoms with Crippen LogP contribution in [0.2, 0.25) is 21.7 Å². The van der Waals surface area contributed by atoms with E-state index in [-0.39, 0.29) is 68.3 Å². The molecule has 3 aliphatic rings. The SMILES string of the molecule is CC(C)C([Si]Oc1cc(-c2ncc3c(N4C[C@H]5CC[C@@H](C4)N5C(=O)OC(C)(C)C)nc(OC[C@]4(C)CN(C)CC[C@@H]4CF)nc3c2F)c2c(C#C[Si](C(C)C)(C(C)C)C(C)C)c(F)ccc2c1)(C(C)C)C(C)C. The smallest absolute Gasteiger partial charge is 0.410 e. The van der Waals surface area contributed by atoms with Gasteiger partial charge in [-0.05, 0) is 118 Å². The molecule has 5 heterocycles. The molecule has 1 amide bonds. The molecule has 7 rings (SSSR count). The Morgan fingerprint density at radius 3 is 2.08 bits per heavy atom. The number of benzene rings is 2. The van der Waals surface area contributed by atoms with E-state index in [1.165, 1.54) is 6.07 Å². The molecule has 4 atom stereocenters. The number of piperazine rings is 1. The van der Waals surface area contributed by atoms with Crippen LogP contribution in [-0.4, -0.2) is 113 Å². The third kappa shape index (κ3) is 10.9. The molecule has 2 aromatic carbocycles. The molecular weight excluding hydrogens is 958 g/mol. The zero-order valence-corrected chi connectivity index (χ0v) is 48.9. The number of piperidine rings is 1. The minimum absolute atomic E-state index is 0.0189. The molecule has 15 heteroatoms.